The van der Waals surface area contributed by atoms with Crippen LogP contribution >= 0.6 is 0 Å². The average Bonchev–Trinajstić information content (AvgIpc) is 2.64. The largest absolute Gasteiger partial charge is 0.423 e. The van der Waals surface area contributed by atoms with Crippen LogP contribution in [0, 0.1) is 17.0 Å². The summed E-state index contributed by atoms with van der Waals surface area (Å²) in [6, 6.07) is 21.6. The van der Waals surface area contributed by atoms with E-state index in [1.54, 1.807) is 19.1 Å². The number of nitrogens with zero attached hydrogens (tertiary/aromatic N) is 1. The molecule has 5 heteroatoms. The van der Waals surface area contributed by atoms with Crippen molar-refractivity contribution in [2.45, 2.75) is 13.3 Å². The molecule has 0 aliphatic carbocycles. The van der Waals surface area contributed by atoms with Crippen molar-refractivity contribution in [3.8, 4) is 5.75 Å². The zero-order chi connectivity index (χ0) is 18.5. The van der Waals surface area contributed by atoms with Crippen LogP contribution in [0.2, 0.25) is 0 Å². The molecule has 3 rings (SSSR count). The molecule has 130 valence electrons. The lowest BCUT2D eigenvalue weighted by molar-refractivity contribution is -0.385. The SMILES string of the molecule is Cc1cc(C(=O)Oc2ccc(Cc3ccccc3)cc2)ccc1[N+](=O)[O-]. The number of rotatable bonds is 5. The Morgan fingerprint density at radius 2 is 1.62 bits per heavy atom. The summed E-state index contributed by atoms with van der Waals surface area (Å²) in [5.41, 5.74) is 3.00. The van der Waals surface area contributed by atoms with Crippen molar-refractivity contribution in [3.05, 3.63) is 105 Å². The van der Waals surface area contributed by atoms with E-state index in [1.807, 2.05) is 30.3 Å². The number of carbonyl (C=O) groups excluding carboxylic acids is 1. The van der Waals surface area contributed by atoms with E-state index >= 15 is 0 Å². The number of ether oxygens (including phenoxy) is 1. The fourth-order valence-corrected chi connectivity index (χ4v) is 2.66. The van der Waals surface area contributed by atoms with Gasteiger partial charge in [-0.3, -0.25) is 10.1 Å². The van der Waals surface area contributed by atoms with E-state index in [1.165, 1.54) is 23.8 Å². The number of hydrogen-bond donors (Lipinski definition) is 0. The summed E-state index contributed by atoms with van der Waals surface area (Å²) >= 11 is 0. The Morgan fingerprint density at radius 1 is 0.962 bits per heavy atom. The number of esters is 1. The van der Waals surface area contributed by atoms with Crippen LogP contribution in [-0.2, 0) is 6.42 Å². The Balaban J connectivity index is 1.68. The lowest BCUT2D eigenvalue weighted by Crippen LogP contribution is -2.09. The van der Waals surface area contributed by atoms with Crippen LogP contribution in [0.15, 0.2) is 72.8 Å². The Hall–Kier alpha value is -3.47. The second-order valence-electron chi connectivity index (χ2n) is 5.95. The van der Waals surface area contributed by atoms with Gasteiger partial charge in [0.15, 0.2) is 0 Å². The van der Waals surface area contributed by atoms with Gasteiger partial charge in [-0.2, -0.15) is 0 Å². The Bertz CT molecular complexity index is 934. The second kappa shape index (κ2) is 7.61. The van der Waals surface area contributed by atoms with Gasteiger partial charge in [0.05, 0.1) is 10.5 Å². The monoisotopic (exact) mass is 347 g/mol. The van der Waals surface area contributed by atoms with Gasteiger partial charge in [0, 0.05) is 11.6 Å². The molecule has 5 nitrogen and oxygen atoms in total. The second-order valence-corrected chi connectivity index (χ2v) is 5.95. The summed E-state index contributed by atoms with van der Waals surface area (Å²) in [4.78, 5) is 22.6. The fraction of sp³-hybridized carbons (Fsp3) is 0.0952. The van der Waals surface area contributed by atoms with E-state index in [0.717, 1.165) is 12.0 Å². The molecule has 0 atom stereocenters. The fourth-order valence-electron chi connectivity index (χ4n) is 2.66. The van der Waals surface area contributed by atoms with Gasteiger partial charge in [-0.25, -0.2) is 4.79 Å². The molecule has 0 heterocycles. The first-order valence-electron chi connectivity index (χ1n) is 8.13. The smallest absolute Gasteiger partial charge is 0.343 e. The lowest BCUT2D eigenvalue weighted by atomic mass is 10.1. The predicted molar refractivity (Wildman–Crippen MR) is 98.5 cm³/mol. The zero-order valence-electron chi connectivity index (χ0n) is 14.2. The van der Waals surface area contributed by atoms with Crippen LogP contribution in [0.3, 0.4) is 0 Å². The van der Waals surface area contributed by atoms with Crippen molar-refractivity contribution < 1.29 is 14.5 Å². The minimum absolute atomic E-state index is 0.0215. The summed E-state index contributed by atoms with van der Waals surface area (Å²) in [6.07, 6.45) is 0.802. The van der Waals surface area contributed by atoms with Crippen molar-refractivity contribution in [1.82, 2.24) is 0 Å². The zero-order valence-corrected chi connectivity index (χ0v) is 14.2. The highest BCUT2D eigenvalue weighted by Crippen LogP contribution is 2.21. The maximum absolute atomic E-state index is 12.2. The third-order valence-corrected chi connectivity index (χ3v) is 4.01. The van der Waals surface area contributed by atoms with Gasteiger partial charge >= 0.3 is 5.97 Å². The number of aryl methyl sites for hydroxylation is 1. The number of hydrogen-bond acceptors (Lipinski definition) is 4. The molecule has 0 bridgehead atoms. The van der Waals surface area contributed by atoms with E-state index in [-0.39, 0.29) is 11.3 Å². The molecule has 0 saturated heterocycles. The minimum Gasteiger partial charge on any atom is -0.423 e. The maximum Gasteiger partial charge on any atom is 0.343 e. The number of carbonyl (C=O) groups is 1. The number of nitro benzene ring substituents is 1. The van der Waals surface area contributed by atoms with Gasteiger partial charge in [-0.1, -0.05) is 42.5 Å². The molecule has 0 aliphatic rings. The molecule has 26 heavy (non-hydrogen) atoms. The summed E-state index contributed by atoms with van der Waals surface area (Å²) in [5, 5.41) is 10.8. The highest BCUT2D eigenvalue weighted by Gasteiger charge is 2.15. The third-order valence-electron chi connectivity index (χ3n) is 4.01. The minimum atomic E-state index is -0.543. The van der Waals surface area contributed by atoms with Gasteiger partial charge in [-0.05, 0) is 48.7 Å². The topological polar surface area (TPSA) is 69.4 Å². The molecule has 0 radical (unpaired) electrons. The van der Waals surface area contributed by atoms with Gasteiger partial charge in [0.25, 0.3) is 5.69 Å². The molecular formula is C21H17NO4. The van der Waals surface area contributed by atoms with Crippen molar-refractivity contribution in [1.29, 1.82) is 0 Å². The summed E-state index contributed by atoms with van der Waals surface area (Å²) < 4.78 is 5.35. The summed E-state index contributed by atoms with van der Waals surface area (Å²) in [5.74, 6) is -0.110. The van der Waals surface area contributed by atoms with Crippen LogP contribution in [0.5, 0.6) is 5.75 Å². The molecule has 0 amide bonds. The third kappa shape index (κ3) is 4.13. The molecule has 3 aromatic carbocycles. The van der Waals surface area contributed by atoms with Crippen molar-refractivity contribution in [2.75, 3.05) is 0 Å². The first-order chi connectivity index (χ1) is 12.5. The van der Waals surface area contributed by atoms with E-state index in [2.05, 4.69) is 12.1 Å². The van der Waals surface area contributed by atoms with Crippen molar-refractivity contribution in [2.24, 2.45) is 0 Å². The van der Waals surface area contributed by atoms with Crippen LogP contribution < -0.4 is 4.74 Å². The van der Waals surface area contributed by atoms with Crippen LogP contribution in [0.1, 0.15) is 27.0 Å². The maximum atomic E-state index is 12.2. The summed E-state index contributed by atoms with van der Waals surface area (Å²) in [7, 11) is 0. The van der Waals surface area contributed by atoms with Gasteiger partial charge in [0.1, 0.15) is 5.75 Å². The standard InChI is InChI=1S/C21H17NO4/c1-15-13-18(9-12-20(15)22(24)25)21(23)26-19-10-7-17(8-11-19)14-16-5-3-2-4-6-16/h2-13H,14H2,1H3. The van der Waals surface area contributed by atoms with E-state index in [0.29, 0.717) is 11.3 Å². The first-order valence-corrected chi connectivity index (χ1v) is 8.13. The van der Waals surface area contributed by atoms with E-state index < -0.39 is 10.9 Å². The van der Waals surface area contributed by atoms with Crippen LogP contribution in [-0.4, -0.2) is 10.9 Å². The predicted octanol–water partition coefficient (Wildman–Crippen LogP) is 4.71. The molecule has 0 unspecified atom stereocenters. The van der Waals surface area contributed by atoms with Crippen molar-refractivity contribution >= 4 is 11.7 Å². The average molecular weight is 347 g/mol. The molecular weight excluding hydrogens is 330 g/mol. The van der Waals surface area contributed by atoms with Gasteiger partial charge in [0.2, 0.25) is 0 Å². The lowest BCUT2D eigenvalue weighted by Gasteiger charge is -2.07. The van der Waals surface area contributed by atoms with Crippen molar-refractivity contribution in [3.63, 3.8) is 0 Å². The van der Waals surface area contributed by atoms with E-state index in [4.69, 9.17) is 4.74 Å². The number of benzene rings is 3. The summed E-state index contributed by atoms with van der Waals surface area (Å²) in [6.45, 7) is 1.59. The molecule has 0 aromatic heterocycles. The quantitative estimate of drug-likeness (QED) is 0.290. The molecule has 0 fully saturated rings. The van der Waals surface area contributed by atoms with Crippen LogP contribution in [0.25, 0.3) is 0 Å². The van der Waals surface area contributed by atoms with Gasteiger partial charge < -0.3 is 4.74 Å². The highest BCUT2D eigenvalue weighted by atomic mass is 16.6. The first kappa shape index (κ1) is 17.4. The number of nitro groups is 1. The highest BCUT2D eigenvalue weighted by molar-refractivity contribution is 5.91. The van der Waals surface area contributed by atoms with Crippen LogP contribution in [0.4, 0.5) is 5.69 Å². The molecule has 0 spiro atoms. The van der Waals surface area contributed by atoms with Gasteiger partial charge in [-0.15, -0.1) is 0 Å². The molecule has 0 N–H and O–H groups in total. The normalized spacial score (nSPS) is 10.3. The Labute approximate surface area is 151 Å². The Morgan fingerprint density at radius 3 is 2.23 bits per heavy atom. The van der Waals surface area contributed by atoms with E-state index in [9.17, 15) is 14.9 Å². The molecule has 0 saturated carbocycles. The molecule has 3 aromatic rings. The Kier molecular flexibility index (Phi) is 5.08. The molecule has 0 aliphatic heterocycles.